The molecule has 1 aromatic rings. The summed E-state index contributed by atoms with van der Waals surface area (Å²) in [6.45, 7) is 4.73. The van der Waals surface area contributed by atoms with Gasteiger partial charge in [0.2, 0.25) is 5.91 Å². The first kappa shape index (κ1) is 22.1. The van der Waals surface area contributed by atoms with Crippen LogP contribution in [0.3, 0.4) is 0 Å². The fourth-order valence-electron chi connectivity index (χ4n) is 4.07. The summed E-state index contributed by atoms with van der Waals surface area (Å²) in [6, 6.07) is 3.81. The van der Waals surface area contributed by atoms with Crippen molar-refractivity contribution < 1.29 is 26.4 Å². The number of amides is 1. The van der Waals surface area contributed by atoms with Crippen molar-refractivity contribution in [3.05, 3.63) is 29.8 Å². The van der Waals surface area contributed by atoms with Crippen molar-refractivity contribution >= 4 is 15.7 Å². The van der Waals surface area contributed by atoms with Gasteiger partial charge in [0, 0.05) is 12.0 Å². The molecule has 2 aliphatic rings. The molecule has 1 aliphatic heterocycles. The quantitative estimate of drug-likeness (QED) is 0.750. The summed E-state index contributed by atoms with van der Waals surface area (Å²) >= 11 is 0. The highest BCUT2D eigenvalue weighted by Crippen LogP contribution is 2.44. The Hall–Kier alpha value is -1.61. The van der Waals surface area contributed by atoms with Gasteiger partial charge in [-0.25, -0.2) is 8.42 Å². The number of carbonyl (C=O) groups is 1. The Balaban J connectivity index is 1.66. The van der Waals surface area contributed by atoms with Gasteiger partial charge in [-0.05, 0) is 76.7 Å². The van der Waals surface area contributed by atoms with E-state index in [4.69, 9.17) is 0 Å². The summed E-state index contributed by atoms with van der Waals surface area (Å²) in [5.74, 6) is -0.244. The van der Waals surface area contributed by atoms with Gasteiger partial charge in [-0.15, -0.1) is 0 Å². The van der Waals surface area contributed by atoms with Crippen LogP contribution in [0.4, 0.5) is 13.2 Å². The third kappa shape index (κ3) is 4.45. The van der Waals surface area contributed by atoms with E-state index in [0.29, 0.717) is 18.9 Å². The summed E-state index contributed by atoms with van der Waals surface area (Å²) in [5, 5.41) is 6.20. The summed E-state index contributed by atoms with van der Waals surface area (Å²) in [4.78, 5) is 12.0. The first-order valence-corrected chi connectivity index (χ1v) is 11.3. The molecule has 0 spiro atoms. The Bertz CT molecular complexity index is 856. The molecule has 1 aromatic carbocycles. The number of alkyl halides is 3. The van der Waals surface area contributed by atoms with Crippen molar-refractivity contribution in [2.45, 2.75) is 61.4 Å². The van der Waals surface area contributed by atoms with Crippen molar-refractivity contribution in [3.63, 3.8) is 0 Å². The van der Waals surface area contributed by atoms with Crippen LogP contribution in [0, 0.1) is 11.8 Å². The van der Waals surface area contributed by atoms with Crippen LogP contribution in [0.1, 0.15) is 45.1 Å². The van der Waals surface area contributed by atoms with Gasteiger partial charge in [0.1, 0.15) is 0 Å². The zero-order valence-electron chi connectivity index (χ0n) is 16.6. The lowest BCUT2D eigenvalue weighted by atomic mass is 9.73. The summed E-state index contributed by atoms with van der Waals surface area (Å²) < 4.78 is 63.9. The molecule has 3 rings (SSSR count). The maximum absolute atomic E-state index is 13.1. The lowest BCUT2D eigenvalue weighted by molar-refractivity contribution is -0.137. The predicted molar refractivity (Wildman–Crippen MR) is 103 cm³/mol. The highest BCUT2D eigenvalue weighted by Gasteiger charge is 2.49. The molecule has 5 nitrogen and oxygen atoms in total. The molecule has 0 aromatic heterocycles. The third-order valence-corrected chi connectivity index (χ3v) is 8.93. The molecule has 1 amide bonds. The molecule has 0 radical (unpaired) electrons. The van der Waals surface area contributed by atoms with Gasteiger partial charge in [-0.2, -0.15) is 13.2 Å². The van der Waals surface area contributed by atoms with E-state index >= 15 is 0 Å². The number of sulfone groups is 1. The first-order valence-electron chi connectivity index (χ1n) is 9.86. The van der Waals surface area contributed by atoms with Crippen LogP contribution in [0.15, 0.2) is 29.2 Å². The van der Waals surface area contributed by atoms with Crippen molar-refractivity contribution in [1.82, 2.24) is 10.6 Å². The van der Waals surface area contributed by atoms with Gasteiger partial charge in [0.15, 0.2) is 9.84 Å². The number of hydrogen-bond acceptors (Lipinski definition) is 4. The van der Waals surface area contributed by atoms with Crippen molar-refractivity contribution in [2.24, 2.45) is 11.8 Å². The lowest BCUT2D eigenvalue weighted by Gasteiger charge is -2.45. The number of rotatable bonds is 5. The Morgan fingerprint density at radius 1 is 1.14 bits per heavy atom. The maximum Gasteiger partial charge on any atom is 0.416 e. The Kier molecular flexibility index (Phi) is 6.02. The topological polar surface area (TPSA) is 75.3 Å². The monoisotopic (exact) mass is 432 g/mol. The lowest BCUT2D eigenvalue weighted by Crippen LogP contribution is -2.54. The van der Waals surface area contributed by atoms with Crippen molar-refractivity contribution in [2.75, 3.05) is 13.1 Å². The molecule has 0 atom stereocenters. The molecule has 29 heavy (non-hydrogen) atoms. The van der Waals surface area contributed by atoms with Crippen molar-refractivity contribution in [1.29, 1.82) is 0 Å². The second kappa shape index (κ2) is 7.91. The van der Waals surface area contributed by atoms with Gasteiger partial charge >= 0.3 is 6.18 Å². The molecule has 162 valence electrons. The SMILES string of the molecule is CC(C)([C@H]1C[C@@H](NC(=O)C2CCNCC2)C1)S(=O)(=O)c1cccc(C(F)(F)F)c1. The van der Waals surface area contributed by atoms with Gasteiger partial charge in [-0.1, -0.05) is 6.07 Å². The molecule has 0 unspecified atom stereocenters. The predicted octanol–water partition coefficient (Wildman–Crippen LogP) is 3.15. The van der Waals surface area contributed by atoms with Crippen LogP contribution >= 0.6 is 0 Å². The number of benzene rings is 1. The van der Waals surface area contributed by atoms with Crippen LogP contribution in [0.2, 0.25) is 0 Å². The number of carbonyl (C=O) groups excluding carboxylic acids is 1. The molecule has 2 N–H and O–H groups in total. The van der Waals surface area contributed by atoms with E-state index in [1.807, 2.05) is 0 Å². The molecule has 1 aliphatic carbocycles. The van der Waals surface area contributed by atoms with Crippen LogP contribution in [0.25, 0.3) is 0 Å². The number of hydrogen-bond donors (Lipinski definition) is 2. The smallest absolute Gasteiger partial charge is 0.353 e. The van der Waals surface area contributed by atoms with Crippen LogP contribution in [0.5, 0.6) is 0 Å². The van der Waals surface area contributed by atoms with Crippen LogP contribution in [-0.2, 0) is 20.8 Å². The van der Waals surface area contributed by atoms with Crippen molar-refractivity contribution in [3.8, 4) is 0 Å². The van der Waals surface area contributed by atoms with E-state index in [9.17, 15) is 26.4 Å². The average molecular weight is 433 g/mol. The van der Waals surface area contributed by atoms with E-state index in [1.54, 1.807) is 13.8 Å². The largest absolute Gasteiger partial charge is 0.416 e. The molecule has 1 heterocycles. The van der Waals surface area contributed by atoms with E-state index in [-0.39, 0.29) is 28.7 Å². The maximum atomic E-state index is 13.1. The number of nitrogens with one attached hydrogen (secondary N) is 2. The minimum Gasteiger partial charge on any atom is -0.353 e. The zero-order chi connectivity index (χ0) is 21.4. The van der Waals surface area contributed by atoms with E-state index in [2.05, 4.69) is 10.6 Å². The van der Waals surface area contributed by atoms with Crippen LogP contribution in [-0.4, -0.2) is 38.2 Å². The summed E-state index contributed by atoms with van der Waals surface area (Å²) in [7, 11) is -3.97. The molecule has 1 saturated carbocycles. The highest BCUT2D eigenvalue weighted by molar-refractivity contribution is 7.92. The highest BCUT2D eigenvalue weighted by atomic mass is 32.2. The Labute approximate surface area is 169 Å². The second-order valence-corrected chi connectivity index (χ2v) is 11.1. The Morgan fingerprint density at radius 3 is 2.34 bits per heavy atom. The summed E-state index contributed by atoms with van der Waals surface area (Å²) in [6.07, 6.45) is -2.02. The van der Waals surface area contributed by atoms with E-state index in [0.717, 1.165) is 38.1 Å². The first-order chi connectivity index (χ1) is 13.4. The molecule has 1 saturated heterocycles. The van der Waals surface area contributed by atoms with E-state index < -0.39 is 26.3 Å². The fourth-order valence-corrected chi connectivity index (χ4v) is 5.85. The summed E-state index contributed by atoms with van der Waals surface area (Å²) in [5.41, 5.74) is -0.977. The van der Waals surface area contributed by atoms with Gasteiger partial charge in [0.25, 0.3) is 0 Å². The number of halogens is 3. The molecule has 9 heteroatoms. The third-order valence-electron chi connectivity index (χ3n) is 6.34. The Morgan fingerprint density at radius 2 is 1.76 bits per heavy atom. The van der Waals surface area contributed by atoms with Crippen LogP contribution < -0.4 is 10.6 Å². The zero-order valence-corrected chi connectivity index (χ0v) is 17.4. The number of piperidine rings is 1. The normalized spacial score (nSPS) is 24.0. The molecule has 2 fully saturated rings. The second-order valence-electron chi connectivity index (χ2n) is 8.53. The van der Waals surface area contributed by atoms with Gasteiger partial charge < -0.3 is 10.6 Å². The van der Waals surface area contributed by atoms with Gasteiger partial charge in [-0.3, -0.25) is 4.79 Å². The fraction of sp³-hybridized carbons (Fsp3) is 0.650. The average Bonchev–Trinajstić information content (AvgIpc) is 2.64. The van der Waals surface area contributed by atoms with E-state index in [1.165, 1.54) is 6.07 Å². The molecule has 0 bridgehead atoms. The minimum atomic E-state index is -4.60. The minimum absolute atomic E-state index is 0.00786. The van der Waals surface area contributed by atoms with Gasteiger partial charge in [0.05, 0.1) is 15.2 Å². The molecular formula is C20H27F3N2O3S. The molecular weight excluding hydrogens is 405 g/mol. The standard InChI is InChI=1S/C20H27F3N2O3S/c1-19(2,29(27,28)17-5-3-4-14(12-17)20(21,22)23)15-10-16(11-15)25-18(26)13-6-8-24-9-7-13/h3-5,12-13,15-16,24H,6-11H2,1-2H3,(H,25,26)/t15-,16+.